The quantitative estimate of drug-likeness (QED) is 0.468. The van der Waals surface area contributed by atoms with Crippen molar-refractivity contribution in [1.29, 1.82) is 0 Å². The maximum Gasteiger partial charge on any atom is 0.263 e. The molecule has 1 aromatic heterocycles. The highest BCUT2D eigenvalue weighted by Gasteiger charge is 2.24. The predicted molar refractivity (Wildman–Crippen MR) is 129 cm³/mol. The molecule has 2 aromatic carbocycles. The van der Waals surface area contributed by atoms with Crippen LogP contribution in [0.2, 0.25) is 0 Å². The summed E-state index contributed by atoms with van der Waals surface area (Å²) in [6.07, 6.45) is 0. The van der Waals surface area contributed by atoms with E-state index in [2.05, 4.69) is 44.7 Å². The molecule has 1 heterocycles. The van der Waals surface area contributed by atoms with E-state index in [1.807, 2.05) is 24.3 Å². The number of para-hydroxylation sites is 1. The Balaban J connectivity index is 0.00000320. The van der Waals surface area contributed by atoms with Gasteiger partial charge in [0.15, 0.2) is 5.13 Å². The van der Waals surface area contributed by atoms with Crippen LogP contribution in [0.4, 0.5) is 5.13 Å². The predicted octanol–water partition coefficient (Wildman–Crippen LogP) is 5.33. The second-order valence-corrected chi connectivity index (χ2v) is 8.04. The van der Waals surface area contributed by atoms with Crippen molar-refractivity contribution in [3.8, 4) is 5.75 Å². The fraction of sp³-hybridized carbons (Fsp3) is 0.391. The zero-order chi connectivity index (χ0) is 21.0. The average Bonchev–Trinajstić information content (AvgIpc) is 3.18. The molecule has 0 atom stereocenters. The number of halogens is 1. The van der Waals surface area contributed by atoms with Crippen LogP contribution in [0.1, 0.15) is 35.3 Å². The number of aromatic nitrogens is 1. The van der Waals surface area contributed by atoms with E-state index in [9.17, 15) is 4.79 Å². The van der Waals surface area contributed by atoms with Gasteiger partial charge in [-0.2, -0.15) is 0 Å². The molecule has 0 N–H and O–H groups in total. The Bertz CT molecular complexity index is 1000. The average molecular weight is 448 g/mol. The summed E-state index contributed by atoms with van der Waals surface area (Å²) >= 11 is 1.57. The molecule has 0 aliphatic heterocycles. The van der Waals surface area contributed by atoms with Gasteiger partial charge in [0.05, 0.1) is 22.9 Å². The number of methoxy groups -OCH3 is 1. The fourth-order valence-corrected chi connectivity index (χ4v) is 4.41. The van der Waals surface area contributed by atoms with Crippen molar-refractivity contribution < 1.29 is 9.53 Å². The first-order valence-corrected chi connectivity index (χ1v) is 10.9. The zero-order valence-electron chi connectivity index (χ0n) is 18.3. The smallest absolute Gasteiger partial charge is 0.263 e. The topological polar surface area (TPSA) is 45.7 Å². The van der Waals surface area contributed by atoms with Gasteiger partial charge in [0, 0.05) is 13.1 Å². The third-order valence-corrected chi connectivity index (χ3v) is 6.46. The van der Waals surface area contributed by atoms with Crippen LogP contribution in [-0.2, 0) is 0 Å². The van der Waals surface area contributed by atoms with Crippen LogP contribution in [0, 0.1) is 13.8 Å². The molecule has 7 heteroatoms. The van der Waals surface area contributed by atoms with Crippen LogP contribution in [0.15, 0.2) is 36.4 Å². The molecule has 0 aliphatic rings. The highest BCUT2D eigenvalue weighted by atomic mass is 35.5. The van der Waals surface area contributed by atoms with Gasteiger partial charge in [0.2, 0.25) is 0 Å². The lowest BCUT2D eigenvalue weighted by atomic mass is 10.1. The summed E-state index contributed by atoms with van der Waals surface area (Å²) in [6.45, 7) is 11.7. The number of carbonyl (C=O) groups excluding carboxylic acids is 1. The Kier molecular flexibility index (Phi) is 8.65. The monoisotopic (exact) mass is 447 g/mol. The Hall–Kier alpha value is -2.15. The molecule has 0 saturated heterocycles. The molecule has 0 aliphatic carbocycles. The summed E-state index contributed by atoms with van der Waals surface area (Å²) in [5.74, 6) is 0.501. The van der Waals surface area contributed by atoms with E-state index >= 15 is 0 Å². The van der Waals surface area contributed by atoms with Crippen molar-refractivity contribution in [1.82, 2.24) is 9.88 Å². The first-order chi connectivity index (χ1) is 14.0. The first kappa shape index (κ1) is 24.1. The van der Waals surface area contributed by atoms with E-state index in [4.69, 9.17) is 9.72 Å². The molecule has 162 valence electrons. The van der Waals surface area contributed by atoms with Crippen molar-refractivity contribution in [2.45, 2.75) is 27.7 Å². The number of hydrogen-bond donors (Lipinski definition) is 0. The molecule has 0 bridgehead atoms. The van der Waals surface area contributed by atoms with E-state index in [1.54, 1.807) is 23.3 Å². The van der Waals surface area contributed by atoms with Crippen LogP contribution in [-0.4, -0.2) is 49.1 Å². The summed E-state index contributed by atoms with van der Waals surface area (Å²) in [5, 5.41) is 0.733. The number of fused-ring (bicyclic) bond motifs is 1. The summed E-state index contributed by atoms with van der Waals surface area (Å²) in [7, 11) is 1.59. The van der Waals surface area contributed by atoms with Crippen LogP contribution in [0.25, 0.3) is 10.2 Å². The number of benzene rings is 2. The molecule has 0 spiro atoms. The molecule has 1 amide bonds. The normalized spacial score (nSPS) is 10.9. The van der Waals surface area contributed by atoms with Gasteiger partial charge in [0.25, 0.3) is 5.91 Å². The van der Waals surface area contributed by atoms with Gasteiger partial charge in [-0.1, -0.05) is 43.4 Å². The van der Waals surface area contributed by atoms with Crippen molar-refractivity contribution in [3.63, 3.8) is 0 Å². The minimum absolute atomic E-state index is 0. The van der Waals surface area contributed by atoms with E-state index in [-0.39, 0.29) is 18.3 Å². The molecule has 0 radical (unpaired) electrons. The van der Waals surface area contributed by atoms with Gasteiger partial charge in [-0.05, 0) is 56.3 Å². The maximum atomic E-state index is 13.5. The van der Waals surface area contributed by atoms with E-state index in [1.165, 1.54) is 11.1 Å². The highest BCUT2D eigenvalue weighted by molar-refractivity contribution is 7.22. The molecule has 0 unspecified atom stereocenters. The molecule has 0 saturated carbocycles. The third kappa shape index (κ3) is 4.94. The van der Waals surface area contributed by atoms with Crippen molar-refractivity contribution in [3.05, 3.63) is 53.1 Å². The Morgan fingerprint density at radius 2 is 1.77 bits per heavy atom. The third-order valence-electron chi connectivity index (χ3n) is 5.42. The van der Waals surface area contributed by atoms with E-state index in [0.29, 0.717) is 17.9 Å². The molecule has 5 nitrogen and oxygen atoms in total. The number of ether oxygens (including phenoxy) is 1. The Morgan fingerprint density at radius 3 is 2.43 bits per heavy atom. The lowest BCUT2D eigenvalue weighted by molar-refractivity contribution is 0.0981. The summed E-state index contributed by atoms with van der Waals surface area (Å²) in [6, 6.07) is 11.6. The number of hydrogen-bond acceptors (Lipinski definition) is 5. The second kappa shape index (κ2) is 10.8. The number of likely N-dealkylation sites (N-methyl/N-ethyl adjacent to an activating group) is 1. The lowest BCUT2D eigenvalue weighted by Gasteiger charge is -2.25. The number of carbonyl (C=O) groups is 1. The lowest BCUT2D eigenvalue weighted by Crippen LogP contribution is -2.39. The number of anilines is 1. The van der Waals surface area contributed by atoms with Gasteiger partial charge in [0.1, 0.15) is 5.75 Å². The van der Waals surface area contributed by atoms with E-state index in [0.717, 1.165) is 35.0 Å². The maximum absolute atomic E-state index is 13.5. The number of nitrogens with zero attached hydrogens (tertiary/aromatic N) is 3. The largest absolute Gasteiger partial charge is 0.496 e. The number of amides is 1. The van der Waals surface area contributed by atoms with Gasteiger partial charge >= 0.3 is 0 Å². The van der Waals surface area contributed by atoms with Gasteiger partial charge in [-0.3, -0.25) is 9.69 Å². The zero-order valence-corrected chi connectivity index (χ0v) is 19.9. The minimum Gasteiger partial charge on any atom is -0.496 e. The SMILES string of the molecule is CCN(CC)CCN(C(=O)c1ccccc1OC)c1nc2c(C)c(C)ccc2s1.Cl. The van der Waals surface area contributed by atoms with Crippen LogP contribution >= 0.6 is 23.7 Å². The van der Waals surface area contributed by atoms with Crippen molar-refractivity contribution in [2.24, 2.45) is 0 Å². The highest BCUT2D eigenvalue weighted by Crippen LogP contribution is 2.33. The summed E-state index contributed by atoms with van der Waals surface area (Å²) < 4.78 is 6.54. The van der Waals surface area contributed by atoms with E-state index < -0.39 is 0 Å². The van der Waals surface area contributed by atoms with Crippen LogP contribution in [0.3, 0.4) is 0 Å². The molecule has 3 aromatic rings. The van der Waals surface area contributed by atoms with Crippen molar-refractivity contribution in [2.75, 3.05) is 38.2 Å². The Morgan fingerprint density at radius 1 is 1.07 bits per heavy atom. The molecular formula is C23H30ClN3O2S. The molecular weight excluding hydrogens is 418 g/mol. The summed E-state index contributed by atoms with van der Waals surface area (Å²) in [5.41, 5.74) is 3.91. The number of thiazole rings is 1. The van der Waals surface area contributed by atoms with Gasteiger partial charge in [-0.25, -0.2) is 4.98 Å². The number of aryl methyl sites for hydroxylation is 2. The van der Waals surface area contributed by atoms with Crippen LogP contribution < -0.4 is 9.64 Å². The fourth-order valence-electron chi connectivity index (χ4n) is 3.36. The van der Waals surface area contributed by atoms with Crippen LogP contribution in [0.5, 0.6) is 5.75 Å². The number of rotatable bonds is 8. The molecule has 30 heavy (non-hydrogen) atoms. The standard InChI is InChI=1S/C23H29N3O2S.ClH/c1-6-25(7-2)14-15-26(22(27)18-10-8-9-11-19(18)28-5)23-24-21-17(4)16(3)12-13-20(21)29-23;/h8-13H,6-7,14-15H2,1-5H3;1H. The first-order valence-electron chi connectivity index (χ1n) is 10.0. The second-order valence-electron chi connectivity index (χ2n) is 7.03. The Labute approximate surface area is 189 Å². The summed E-state index contributed by atoms with van der Waals surface area (Å²) in [4.78, 5) is 22.5. The molecule has 3 rings (SSSR count). The van der Waals surface area contributed by atoms with Gasteiger partial charge < -0.3 is 9.64 Å². The van der Waals surface area contributed by atoms with Crippen molar-refractivity contribution >= 4 is 45.0 Å². The van der Waals surface area contributed by atoms with Gasteiger partial charge in [-0.15, -0.1) is 12.4 Å². The minimum atomic E-state index is -0.0805. The molecule has 0 fully saturated rings.